The average Bonchev–Trinajstić information content (AvgIpc) is 2.87. The van der Waals surface area contributed by atoms with Gasteiger partial charge in [-0.2, -0.15) is 11.8 Å². The number of thioether (sulfide) groups is 1. The van der Waals surface area contributed by atoms with Gasteiger partial charge in [0, 0.05) is 0 Å². The number of carboxylic acids is 1. The van der Waals surface area contributed by atoms with Gasteiger partial charge in [0.05, 0.1) is 6.54 Å². The number of furan rings is 1. The van der Waals surface area contributed by atoms with Crippen LogP contribution in [0.1, 0.15) is 22.7 Å². The van der Waals surface area contributed by atoms with Gasteiger partial charge in [0.25, 0.3) is 0 Å². The van der Waals surface area contributed by atoms with E-state index in [4.69, 9.17) is 9.52 Å². The monoisotopic (exact) mass is 241 g/mol. The van der Waals surface area contributed by atoms with Crippen LogP contribution >= 0.6 is 11.8 Å². The summed E-state index contributed by atoms with van der Waals surface area (Å²) < 4.78 is 5.14. The topological polar surface area (TPSA) is 62.5 Å². The van der Waals surface area contributed by atoms with Crippen molar-refractivity contribution < 1.29 is 14.3 Å². The zero-order valence-corrected chi connectivity index (χ0v) is 9.76. The fraction of sp³-hybridized carbons (Fsp3) is 0.545. The van der Waals surface area contributed by atoms with Crippen LogP contribution in [0, 0.1) is 5.92 Å². The van der Waals surface area contributed by atoms with E-state index >= 15 is 0 Å². The van der Waals surface area contributed by atoms with E-state index in [1.54, 1.807) is 6.07 Å². The number of hydrogen-bond acceptors (Lipinski definition) is 4. The van der Waals surface area contributed by atoms with E-state index in [2.05, 4.69) is 5.32 Å². The molecule has 1 aliphatic rings. The van der Waals surface area contributed by atoms with Crippen LogP contribution in [0.3, 0.4) is 0 Å². The van der Waals surface area contributed by atoms with Crippen molar-refractivity contribution in [1.82, 2.24) is 5.32 Å². The first-order valence-corrected chi connectivity index (χ1v) is 6.51. The molecular weight excluding hydrogens is 226 g/mol. The van der Waals surface area contributed by atoms with E-state index in [0.717, 1.165) is 12.5 Å². The van der Waals surface area contributed by atoms with Crippen LogP contribution in [-0.2, 0) is 6.54 Å². The Balaban J connectivity index is 1.74. The summed E-state index contributed by atoms with van der Waals surface area (Å²) in [5.74, 6) is 2.91. The highest BCUT2D eigenvalue weighted by Gasteiger charge is 2.15. The fourth-order valence-electron chi connectivity index (χ4n) is 1.73. The molecule has 2 heterocycles. The molecular formula is C11H15NO3S. The summed E-state index contributed by atoms with van der Waals surface area (Å²) in [6.45, 7) is 1.59. The van der Waals surface area contributed by atoms with Crippen LogP contribution in [-0.4, -0.2) is 29.1 Å². The number of nitrogens with one attached hydrogen (secondary N) is 1. The van der Waals surface area contributed by atoms with Gasteiger partial charge in [0.15, 0.2) is 0 Å². The number of aromatic carboxylic acids is 1. The second-order valence-corrected chi connectivity index (χ2v) is 5.08. The van der Waals surface area contributed by atoms with Gasteiger partial charge in [0.1, 0.15) is 5.76 Å². The van der Waals surface area contributed by atoms with Crippen molar-refractivity contribution >= 4 is 17.7 Å². The standard InChI is InChI=1S/C11H15NO3S/c13-11(14)10-2-1-9(15-10)6-12-5-8-3-4-16-7-8/h1-2,8,12H,3-7H2,(H,13,14). The lowest BCUT2D eigenvalue weighted by molar-refractivity contribution is 0.0660. The van der Waals surface area contributed by atoms with Crippen LogP contribution in [0.2, 0.25) is 0 Å². The lowest BCUT2D eigenvalue weighted by Gasteiger charge is -2.08. The molecule has 1 aromatic rings. The Morgan fingerprint density at radius 2 is 2.50 bits per heavy atom. The Morgan fingerprint density at radius 3 is 3.12 bits per heavy atom. The minimum absolute atomic E-state index is 0.00761. The molecule has 2 N–H and O–H groups in total. The second kappa shape index (κ2) is 5.41. The Bertz CT molecular complexity index is 358. The van der Waals surface area contributed by atoms with Crippen molar-refractivity contribution in [2.75, 3.05) is 18.1 Å². The minimum Gasteiger partial charge on any atom is -0.475 e. The van der Waals surface area contributed by atoms with Crippen LogP contribution < -0.4 is 5.32 Å². The predicted octanol–water partition coefficient (Wildman–Crippen LogP) is 1.82. The minimum atomic E-state index is -1.02. The molecule has 0 spiro atoms. The van der Waals surface area contributed by atoms with Gasteiger partial charge < -0.3 is 14.8 Å². The van der Waals surface area contributed by atoms with E-state index in [1.165, 1.54) is 24.0 Å². The Hall–Kier alpha value is -0.940. The molecule has 1 atom stereocenters. The molecule has 1 unspecified atom stereocenters. The molecule has 16 heavy (non-hydrogen) atoms. The molecule has 1 fully saturated rings. The zero-order valence-electron chi connectivity index (χ0n) is 8.94. The highest BCUT2D eigenvalue weighted by atomic mass is 32.2. The largest absolute Gasteiger partial charge is 0.475 e. The average molecular weight is 241 g/mol. The van der Waals surface area contributed by atoms with E-state index in [-0.39, 0.29) is 5.76 Å². The van der Waals surface area contributed by atoms with Gasteiger partial charge in [-0.1, -0.05) is 0 Å². The number of carbonyl (C=O) groups is 1. The first-order chi connectivity index (χ1) is 7.75. The molecule has 4 nitrogen and oxygen atoms in total. The molecule has 0 saturated carbocycles. The van der Waals surface area contributed by atoms with E-state index in [0.29, 0.717) is 12.3 Å². The molecule has 88 valence electrons. The Kier molecular flexibility index (Phi) is 3.90. The van der Waals surface area contributed by atoms with E-state index in [9.17, 15) is 4.79 Å². The van der Waals surface area contributed by atoms with Gasteiger partial charge in [-0.25, -0.2) is 4.79 Å². The molecule has 1 saturated heterocycles. The van der Waals surface area contributed by atoms with Gasteiger partial charge in [-0.15, -0.1) is 0 Å². The quantitative estimate of drug-likeness (QED) is 0.823. The lowest BCUT2D eigenvalue weighted by Crippen LogP contribution is -2.21. The maximum atomic E-state index is 10.6. The Labute approximate surface area is 98.4 Å². The second-order valence-electron chi connectivity index (χ2n) is 3.93. The number of carboxylic acid groups (broad SMARTS) is 1. The van der Waals surface area contributed by atoms with Crippen molar-refractivity contribution in [3.63, 3.8) is 0 Å². The van der Waals surface area contributed by atoms with Gasteiger partial charge in [-0.05, 0) is 42.5 Å². The van der Waals surface area contributed by atoms with Crippen LogP contribution in [0.15, 0.2) is 16.5 Å². The molecule has 2 rings (SSSR count). The van der Waals surface area contributed by atoms with Crippen molar-refractivity contribution in [2.45, 2.75) is 13.0 Å². The molecule has 0 bridgehead atoms. The Morgan fingerprint density at radius 1 is 1.62 bits per heavy atom. The molecule has 0 aromatic carbocycles. The summed E-state index contributed by atoms with van der Waals surface area (Å²) in [7, 11) is 0. The smallest absolute Gasteiger partial charge is 0.371 e. The SMILES string of the molecule is O=C(O)c1ccc(CNCC2CCSC2)o1. The van der Waals surface area contributed by atoms with E-state index in [1.807, 2.05) is 11.8 Å². The summed E-state index contributed by atoms with van der Waals surface area (Å²) in [4.78, 5) is 10.6. The van der Waals surface area contributed by atoms with Crippen molar-refractivity contribution in [3.05, 3.63) is 23.7 Å². The van der Waals surface area contributed by atoms with Crippen molar-refractivity contribution in [1.29, 1.82) is 0 Å². The maximum absolute atomic E-state index is 10.6. The third-order valence-electron chi connectivity index (χ3n) is 2.63. The van der Waals surface area contributed by atoms with Crippen molar-refractivity contribution in [2.24, 2.45) is 5.92 Å². The molecule has 0 amide bonds. The van der Waals surface area contributed by atoms with Crippen LogP contribution in [0.4, 0.5) is 0 Å². The molecule has 0 radical (unpaired) electrons. The predicted molar refractivity (Wildman–Crippen MR) is 62.8 cm³/mol. The summed E-state index contributed by atoms with van der Waals surface area (Å²) in [5.41, 5.74) is 0. The van der Waals surface area contributed by atoms with Crippen LogP contribution in [0.5, 0.6) is 0 Å². The zero-order chi connectivity index (χ0) is 11.4. The van der Waals surface area contributed by atoms with Gasteiger partial charge >= 0.3 is 5.97 Å². The van der Waals surface area contributed by atoms with Gasteiger partial charge in [0.2, 0.25) is 5.76 Å². The highest BCUT2D eigenvalue weighted by Crippen LogP contribution is 2.22. The molecule has 1 aliphatic heterocycles. The van der Waals surface area contributed by atoms with Crippen LogP contribution in [0.25, 0.3) is 0 Å². The normalized spacial score (nSPS) is 20.1. The molecule has 1 aromatic heterocycles. The first kappa shape index (κ1) is 11.5. The van der Waals surface area contributed by atoms with Gasteiger partial charge in [-0.3, -0.25) is 0 Å². The fourth-order valence-corrected chi connectivity index (χ4v) is 3.02. The van der Waals surface area contributed by atoms with E-state index < -0.39 is 5.97 Å². The summed E-state index contributed by atoms with van der Waals surface area (Å²) >= 11 is 2.00. The first-order valence-electron chi connectivity index (χ1n) is 5.36. The van der Waals surface area contributed by atoms with Crippen molar-refractivity contribution in [3.8, 4) is 0 Å². The number of hydrogen-bond donors (Lipinski definition) is 2. The highest BCUT2D eigenvalue weighted by molar-refractivity contribution is 7.99. The number of rotatable bonds is 5. The summed E-state index contributed by atoms with van der Waals surface area (Å²) in [5, 5.41) is 12.0. The summed E-state index contributed by atoms with van der Waals surface area (Å²) in [6.07, 6.45) is 1.27. The third-order valence-corrected chi connectivity index (χ3v) is 3.86. The molecule has 0 aliphatic carbocycles. The lowest BCUT2D eigenvalue weighted by atomic mass is 10.1. The molecule has 5 heteroatoms. The third kappa shape index (κ3) is 3.02. The maximum Gasteiger partial charge on any atom is 0.371 e. The summed E-state index contributed by atoms with van der Waals surface area (Å²) in [6, 6.07) is 3.20.